The molecular weight excluding hydrogens is 306 g/mol. The Kier molecular flexibility index (Phi) is 7.40. The molecule has 1 aliphatic rings. The number of carbonyl (C=O) groups is 2. The number of ether oxygens (including phenoxy) is 1. The van der Waals surface area contributed by atoms with Gasteiger partial charge in [-0.2, -0.15) is 0 Å². The Labute approximate surface area is 142 Å². The van der Waals surface area contributed by atoms with E-state index in [0.717, 1.165) is 5.56 Å². The Bertz CT molecular complexity index is 584. The van der Waals surface area contributed by atoms with Crippen LogP contribution in [0.3, 0.4) is 0 Å². The largest absolute Gasteiger partial charge is 0.461 e. The zero-order chi connectivity index (χ0) is 17.0. The monoisotopic (exact) mass is 329 g/mol. The van der Waals surface area contributed by atoms with Crippen molar-refractivity contribution in [1.29, 1.82) is 0 Å². The van der Waals surface area contributed by atoms with Crippen molar-refractivity contribution in [1.82, 2.24) is 16.0 Å². The third-order valence-electron chi connectivity index (χ3n) is 3.43. The highest BCUT2D eigenvalue weighted by Crippen LogP contribution is 2.02. The molecule has 0 bridgehead atoms. The average molecular weight is 329 g/mol. The normalized spacial score (nSPS) is 15.4. The Morgan fingerprint density at radius 1 is 1.12 bits per heavy atom. The van der Waals surface area contributed by atoms with E-state index in [2.05, 4.69) is 16.0 Å². The number of allylic oxidation sites excluding steroid dienone is 2. The molecule has 0 fully saturated rings. The molecule has 0 spiro atoms. The summed E-state index contributed by atoms with van der Waals surface area (Å²) in [6.07, 6.45) is 8.47. The van der Waals surface area contributed by atoms with E-state index in [1.807, 2.05) is 54.8 Å². The first kappa shape index (κ1) is 17.6. The van der Waals surface area contributed by atoms with Crippen LogP contribution in [0.2, 0.25) is 0 Å². The fourth-order valence-corrected chi connectivity index (χ4v) is 2.13. The van der Waals surface area contributed by atoms with Crippen molar-refractivity contribution < 1.29 is 14.3 Å². The van der Waals surface area contributed by atoms with Gasteiger partial charge in [0, 0.05) is 19.5 Å². The second-order valence-corrected chi connectivity index (χ2v) is 5.40. The number of rotatable bonds is 8. The summed E-state index contributed by atoms with van der Waals surface area (Å²) in [6.45, 7) is 1.22. The first-order chi connectivity index (χ1) is 11.7. The number of nitrogens with one attached hydrogen (secondary N) is 3. The third kappa shape index (κ3) is 7.00. The van der Waals surface area contributed by atoms with E-state index in [1.54, 1.807) is 0 Å². The van der Waals surface area contributed by atoms with E-state index in [9.17, 15) is 9.59 Å². The number of benzene rings is 1. The molecule has 128 valence electrons. The molecule has 1 unspecified atom stereocenters. The molecular formula is C18H23N3O3. The Hall–Kier alpha value is -2.76. The molecule has 6 nitrogen and oxygen atoms in total. The molecule has 0 saturated carbocycles. The van der Waals surface area contributed by atoms with Crippen molar-refractivity contribution in [2.75, 3.05) is 13.1 Å². The van der Waals surface area contributed by atoms with E-state index in [0.29, 0.717) is 19.5 Å². The highest BCUT2D eigenvalue weighted by atomic mass is 16.5. The van der Waals surface area contributed by atoms with Gasteiger partial charge in [-0.1, -0.05) is 42.5 Å². The van der Waals surface area contributed by atoms with Crippen LogP contribution >= 0.6 is 0 Å². The highest BCUT2D eigenvalue weighted by Gasteiger charge is 2.07. The van der Waals surface area contributed by atoms with Crippen LogP contribution in [0.15, 0.2) is 54.8 Å². The number of hydrogen-bond donors (Lipinski definition) is 3. The van der Waals surface area contributed by atoms with Crippen LogP contribution in [0.1, 0.15) is 18.4 Å². The summed E-state index contributed by atoms with van der Waals surface area (Å²) in [5, 5.41) is 8.61. The van der Waals surface area contributed by atoms with Gasteiger partial charge in [0.05, 0.1) is 6.04 Å². The van der Waals surface area contributed by atoms with Gasteiger partial charge in [-0.3, -0.25) is 4.79 Å². The van der Waals surface area contributed by atoms with E-state index < -0.39 is 0 Å². The van der Waals surface area contributed by atoms with E-state index in [-0.39, 0.29) is 31.1 Å². The lowest BCUT2D eigenvalue weighted by molar-refractivity contribution is -0.145. The number of esters is 1. The lowest BCUT2D eigenvalue weighted by Crippen LogP contribution is -2.43. The van der Waals surface area contributed by atoms with Crippen molar-refractivity contribution in [2.24, 2.45) is 0 Å². The Morgan fingerprint density at radius 3 is 2.71 bits per heavy atom. The smallest absolute Gasteiger partial charge is 0.314 e. The van der Waals surface area contributed by atoms with Gasteiger partial charge in [0.2, 0.25) is 0 Å². The van der Waals surface area contributed by atoms with Gasteiger partial charge in [-0.15, -0.1) is 0 Å². The van der Waals surface area contributed by atoms with Crippen LogP contribution in [0.4, 0.5) is 4.79 Å². The van der Waals surface area contributed by atoms with E-state index in [4.69, 9.17) is 4.74 Å². The van der Waals surface area contributed by atoms with Crippen molar-refractivity contribution in [2.45, 2.75) is 25.5 Å². The first-order valence-electron chi connectivity index (χ1n) is 8.04. The summed E-state index contributed by atoms with van der Waals surface area (Å²) in [5.41, 5.74) is 0.962. The summed E-state index contributed by atoms with van der Waals surface area (Å²) in [6, 6.07) is 9.41. The number of dihydropyridines is 1. The minimum absolute atomic E-state index is 0.105. The number of hydrogen-bond acceptors (Lipinski definition) is 4. The average Bonchev–Trinajstić information content (AvgIpc) is 2.63. The van der Waals surface area contributed by atoms with Crippen molar-refractivity contribution in [3.05, 3.63) is 60.3 Å². The topological polar surface area (TPSA) is 79.5 Å². The quantitative estimate of drug-likeness (QED) is 0.502. The number of urea groups is 1. The highest BCUT2D eigenvalue weighted by molar-refractivity contribution is 5.74. The van der Waals surface area contributed by atoms with Crippen molar-refractivity contribution in [3.63, 3.8) is 0 Å². The fraction of sp³-hybridized carbons (Fsp3) is 0.333. The molecule has 1 aliphatic heterocycles. The van der Waals surface area contributed by atoms with Gasteiger partial charge in [0.25, 0.3) is 0 Å². The molecule has 6 heteroatoms. The second kappa shape index (κ2) is 10.1. The maximum atomic E-state index is 11.6. The molecule has 0 saturated heterocycles. The van der Waals surface area contributed by atoms with Gasteiger partial charge in [0.15, 0.2) is 0 Å². The van der Waals surface area contributed by atoms with Crippen LogP contribution < -0.4 is 16.0 Å². The molecule has 1 aromatic rings. The molecule has 3 N–H and O–H groups in total. The second-order valence-electron chi connectivity index (χ2n) is 5.40. The number of carbonyl (C=O) groups excluding carboxylic acids is 2. The van der Waals surface area contributed by atoms with Crippen molar-refractivity contribution in [3.8, 4) is 0 Å². The molecule has 1 aromatic carbocycles. The molecule has 0 aliphatic carbocycles. The first-order valence-corrected chi connectivity index (χ1v) is 8.04. The molecule has 2 rings (SSSR count). The van der Waals surface area contributed by atoms with E-state index >= 15 is 0 Å². The third-order valence-corrected chi connectivity index (χ3v) is 3.43. The summed E-state index contributed by atoms with van der Waals surface area (Å²) >= 11 is 0. The number of amides is 2. The van der Waals surface area contributed by atoms with Crippen LogP contribution in [0.5, 0.6) is 0 Å². The van der Waals surface area contributed by atoms with Crippen LogP contribution in [0.25, 0.3) is 0 Å². The van der Waals surface area contributed by atoms with Crippen LogP contribution in [-0.4, -0.2) is 31.1 Å². The van der Waals surface area contributed by atoms with E-state index in [1.165, 1.54) is 0 Å². The predicted molar refractivity (Wildman–Crippen MR) is 92.1 cm³/mol. The summed E-state index contributed by atoms with van der Waals surface area (Å²) in [7, 11) is 0. The minimum atomic E-state index is -0.260. The molecule has 1 heterocycles. The Balaban J connectivity index is 1.49. The molecule has 24 heavy (non-hydrogen) atoms. The maximum absolute atomic E-state index is 11.6. The summed E-state index contributed by atoms with van der Waals surface area (Å²) in [5.74, 6) is -0.260. The fourth-order valence-electron chi connectivity index (χ4n) is 2.13. The van der Waals surface area contributed by atoms with Gasteiger partial charge < -0.3 is 20.7 Å². The summed E-state index contributed by atoms with van der Waals surface area (Å²) in [4.78, 5) is 23.3. The SMILES string of the molecule is O=C(NCCCC(=O)OCc1ccccc1)NCC1C=CC=CN1. The predicted octanol–water partition coefficient (Wildman–Crippen LogP) is 1.85. The molecule has 2 amide bonds. The zero-order valence-electron chi connectivity index (χ0n) is 13.5. The molecule has 0 aromatic heterocycles. The van der Waals surface area contributed by atoms with Crippen molar-refractivity contribution >= 4 is 12.0 Å². The lowest BCUT2D eigenvalue weighted by atomic mass is 10.2. The Morgan fingerprint density at radius 2 is 1.96 bits per heavy atom. The van der Waals surface area contributed by atoms with Crippen LogP contribution in [-0.2, 0) is 16.1 Å². The van der Waals surface area contributed by atoms with Gasteiger partial charge in [-0.25, -0.2) is 4.79 Å². The zero-order valence-corrected chi connectivity index (χ0v) is 13.5. The lowest BCUT2D eigenvalue weighted by Gasteiger charge is -2.16. The maximum Gasteiger partial charge on any atom is 0.314 e. The van der Waals surface area contributed by atoms with Gasteiger partial charge in [0.1, 0.15) is 6.61 Å². The van der Waals surface area contributed by atoms with Gasteiger partial charge >= 0.3 is 12.0 Å². The molecule has 1 atom stereocenters. The minimum Gasteiger partial charge on any atom is -0.461 e. The molecule has 0 radical (unpaired) electrons. The summed E-state index contributed by atoms with van der Waals surface area (Å²) < 4.78 is 5.17. The standard InChI is InChI=1S/C18H23N3O3/c22-17(24-14-15-7-2-1-3-8-15)10-6-12-20-18(23)21-13-16-9-4-5-11-19-16/h1-5,7-9,11,16,19H,6,10,12-14H2,(H2,20,21,23). The van der Waals surface area contributed by atoms with Crippen LogP contribution in [0, 0.1) is 0 Å². The van der Waals surface area contributed by atoms with Gasteiger partial charge in [-0.05, 0) is 24.3 Å².